The first-order valence-corrected chi connectivity index (χ1v) is 5.57. The second-order valence-corrected chi connectivity index (χ2v) is 3.87. The summed E-state index contributed by atoms with van der Waals surface area (Å²) in [4.78, 5) is 34.6. The van der Waals surface area contributed by atoms with Crippen molar-refractivity contribution < 1.29 is 19.5 Å². The topological polar surface area (TPSA) is 98.7 Å². The fraction of sp³-hybridized carbons (Fsp3) is 0.700. The molecular formula is C10H17N3O4. The van der Waals surface area contributed by atoms with E-state index in [2.05, 4.69) is 10.6 Å². The van der Waals surface area contributed by atoms with Crippen molar-refractivity contribution in [3.8, 4) is 0 Å². The normalized spacial score (nSPS) is 13.9. The van der Waals surface area contributed by atoms with Crippen LogP contribution in [0.4, 0.5) is 4.79 Å². The molecule has 0 atom stereocenters. The Hall–Kier alpha value is -1.79. The molecule has 0 aromatic carbocycles. The number of likely N-dealkylation sites (N-methyl/N-ethyl adjacent to an activating group) is 1. The summed E-state index contributed by atoms with van der Waals surface area (Å²) in [5.41, 5.74) is 0. The minimum absolute atomic E-state index is 0.000311. The molecule has 1 saturated carbocycles. The number of rotatable bonds is 6. The predicted molar refractivity (Wildman–Crippen MR) is 59.4 cm³/mol. The first-order valence-electron chi connectivity index (χ1n) is 5.57. The monoisotopic (exact) mass is 243 g/mol. The maximum Gasteiger partial charge on any atom is 0.323 e. The van der Waals surface area contributed by atoms with Gasteiger partial charge in [-0.2, -0.15) is 0 Å². The van der Waals surface area contributed by atoms with Gasteiger partial charge in [-0.15, -0.1) is 0 Å². The fourth-order valence-electron chi connectivity index (χ4n) is 1.42. The van der Waals surface area contributed by atoms with Crippen LogP contribution >= 0.6 is 0 Å². The molecule has 0 aromatic rings. The fourth-order valence-corrected chi connectivity index (χ4v) is 1.42. The van der Waals surface area contributed by atoms with E-state index in [-0.39, 0.29) is 25.0 Å². The highest BCUT2D eigenvalue weighted by Crippen LogP contribution is 2.26. The minimum Gasteiger partial charge on any atom is -0.480 e. The third-order valence-electron chi connectivity index (χ3n) is 2.33. The second-order valence-electron chi connectivity index (χ2n) is 3.87. The summed E-state index contributed by atoms with van der Waals surface area (Å²) in [6, 6.07) is -0.499. The molecule has 7 heteroatoms. The summed E-state index contributed by atoms with van der Waals surface area (Å²) in [6.07, 6.45) is 1.64. The smallest absolute Gasteiger partial charge is 0.323 e. The van der Waals surface area contributed by atoms with E-state index < -0.39 is 12.0 Å². The molecule has 1 aliphatic carbocycles. The molecule has 0 aliphatic heterocycles. The Morgan fingerprint density at radius 1 is 1.29 bits per heavy atom. The largest absolute Gasteiger partial charge is 0.480 e. The average Bonchev–Trinajstić information content (AvgIpc) is 3.06. The molecule has 0 radical (unpaired) electrons. The Kier molecular flexibility index (Phi) is 4.74. The number of urea groups is 1. The van der Waals surface area contributed by atoms with E-state index >= 15 is 0 Å². The summed E-state index contributed by atoms with van der Waals surface area (Å²) >= 11 is 0. The third-order valence-corrected chi connectivity index (χ3v) is 2.33. The van der Waals surface area contributed by atoms with E-state index in [0.717, 1.165) is 12.8 Å². The van der Waals surface area contributed by atoms with Gasteiger partial charge in [0.2, 0.25) is 5.91 Å². The van der Waals surface area contributed by atoms with Gasteiger partial charge in [0.25, 0.3) is 0 Å². The molecule has 0 heterocycles. The van der Waals surface area contributed by atoms with Gasteiger partial charge in [0.1, 0.15) is 6.54 Å². The number of carboxylic acid groups (broad SMARTS) is 1. The molecule has 1 fully saturated rings. The average molecular weight is 243 g/mol. The van der Waals surface area contributed by atoms with Gasteiger partial charge in [0.15, 0.2) is 0 Å². The third kappa shape index (κ3) is 4.71. The molecule has 1 aliphatic rings. The number of hydrogen-bond donors (Lipinski definition) is 3. The number of nitrogens with one attached hydrogen (secondary N) is 2. The van der Waals surface area contributed by atoms with Crippen LogP contribution in [-0.4, -0.2) is 53.6 Å². The summed E-state index contributed by atoms with van der Waals surface area (Å²) in [5.74, 6) is -1.34. The van der Waals surface area contributed by atoms with Crippen LogP contribution in [0.1, 0.15) is 19.8 Å². The number of nitrogens with zero attached hydrogens (tertiary/aromatic N) is 1. The van der Waals surface area contributed by atoms with Gasteiger partial charge in [0.05, 0.1) is 6.54 Å². The van der Waals surface area contributed by atoms with Crippen molar-refractivity contribution in [1.82, 2.24) is 15.5 Å². The van der Waals surface area contributed by atoms with Crippen molar-refractivity contribution in [2.24, 2.45) is 0 Å². The number of amides is 3. The highest BCUT2D eigenvalue weighted by molar-refractivity contribution is 5.85. The zero-order valence-electron chi connectivity index (χ0n) is 9.73. The second kappa shape index (κ2) is 6.07. The molecule has 1 rings (SSSR count). The van der Waals surface area contributed by atoms with Gasteiger partial charge in [0, 0.05) is 12.6 Å². The van der Waals surface area contributed by atoms with E-state index in [1.54, 1.807) is 6.92 Å². The van der Waals surface area contributed by atoms with Crippen LogP contribution in [0, 0.1) is 0 Å². The highest BCUT2D eigenvalue weighted by Gasteiger charge is 2.33. The van der Waals surface area contributed by atoms with Gasteiger partial charge < -0.3 is 20.6 Å². The Morgan fingerprint density at radius 2 is 1.94 bits per heavy atom. The van der Waals surface area contributed by atoms with Gasteiger partial charge in [-0.25, -0.2) is 4.79 Å². The van der Waals surface area contributed by atoms with Gasteiger partial charge in [-0.05, 0) is 19.8 Å². The van der Waals surface area contributed by atoms with Crippen LogP contribution in [0.3, 0.4) is 0 Å². The summed E-state index contributed by atoms with van der Waals surface area (Å²) < 4.78 is 0. The lowest BCUT2D eigenvalue weighted by Gasteiger charge is -2.20. The van der Waals surface area contributed by atoms with Crippen LogP contribution in [0.2, 0.25) is 0 Å². The summed E-state index contributed by atoms with van der Waals surface area (Å²) in [5, 5.41) is 13.6. The summed E-state index contributed by atoms with van der Waals surface area (Å²) in [6.45, 7) is 1.82. The van der Waals surface area contributed by atoms with Crippen molar-refractivity contribution in [3.63, 3.8) is 0 Å². The quantitative estimate of drug-likeness (QED) is 0.579. The van der Waals surface area contributed by atoms with Crippen molar-refractivity contribution >= 4 is 17.9 Å². The molecule has 0 aromatic heterocycles. The van der Waals surface area contributed by atoms with E-state index in [1.165, 1.54) is 4.90 Å². The Bertz CT molecular complexity index is 315. The van der Waals surface area contributed by atoms with E-state index in [4.69, 9.17) is 5.11 Å². The first kappa shape index (κ1) is 13.3. The lowest BCUT2D eigenvalue weighted by Crippen LogP contribution is -2.47. The van der Waals surface area contributed by atoms with Crippen molar-refractivity contribution in [2.45, 2.75) is 25.8 Å². The molecule has 3 amide bonds. The van der Waals surface area contributed by atoms with Crippen molar-refractivity contribution in [3.05, 3.63) is 0 Å². The SMILES string of the molecule is CCNC(=O)CNC(=O)N(CC(=O)O)C1CC1. The maximum atomic E-state index is 11.6. The molecular weight excluding hydrogens is 226 g/mol. The highest BCUT2D eigenvalue weighted by atomic mass is 16.4. The molecule has 7 nitrogen and oxygen atoms in total. The van der Waals surface area contributed by atoms with E-state index in [9.17, 15) is 14.4 Å². The number of hydrogen-bond acceptors (Lipinski definition) is 3. The Morgan fingerprint density at radius 3 is 2.41 bits per heavy atom. The number of carbonyl (C=O) groups is 3. The standard InChI is InChI=1S/C10H17N3O4/c1-2-11-8(14)5-12-10(17)13(6-9(15)16)7-3-4-7/h7H,2-6H2,1H3,(H,11,14)(H,12,17)(H,15,16). The number of carbonyl (C=O) groups excluding carboxylic acids is 2. The Labute approximate surface area is 99.2 Å². The van der Waals surface area contributed by atoms with E-state index in [0.29, 0.717) is 6.54 Å². The zero-order valence-corrected chi connectivity index (χ0v) is 9.73. The Balaban J connectivity index is 2.37. The molecule has 17 heavy (non-hydrogen) atoms. The van der Waals surface area contributed by atoms with Crippen LogP contribution in [-0.2, 0) is 9.59 Å². The maximum absolute atomic E-state index is 11.6. The zero-order chi connectivity index (χ0) is 12.8. The first-order chi connectivity index (χ1) is 8.04. The van der Waals surface area contributed by atoms with Crippen LogP contribution in [0.5, 0.6) is 0 Å². The van der Waals surface area contributed by atoms with Crippen LogP contribution in [0.25, 0.3) is 0 Å². The van der Waals surface area contributed by atoms with Crippen LogP contribution in [0.15, 0.2) is 0 Å². The van der Waals surface area contributed by atoms with Crippen molar-refractivity contribution in [2.75, 3.05) is 19.6 Å². The van der Waals surface area contributed by atoms with Gasteiger partial charge in [-0.1, -0.05) is 0 Å². The molecule has 96 valence electrons. The lowest BCUT2D eigenvalue weighted by molar-refractivity contribution is -0.137. The van der Waals surface area contributed by atoms with Gasteiger partial charge in [-0.3, -0.25) is 9.59 Å². The molecule has 0 spiro atoms. The molecule has 0 unspecified atom stereocenters. The summed E-state index contributed by atoms with van der Waals surface area (Å²) in [7, 11) is 0. The van der Waals surface area contributed by atoms with Crippen molar-refractivity contribution in [1.29, 1.82) is 0 Å². The number of aliphatic carboxylic acids is 1. The number of carboxylic acids is 1. The molecule has 0 bridgehead atoms. The van der Waals surface area contributed by atoms with E-state index in [1.807, 2.05) is 0 Å². The molecule has 0 saturated heterocycles. The van der Waals surface area contributed by atoms with Gasteiger partial charge >= 0.3 is 12.0 Å². The molecule has 3 N–H and O–H groups in total. The predicted octanol–water partition coefficient (Wildman–Crippen LogP) is -0.619. The van der Waals surface area contributed by atoms with Crippen LogP contribution < -0.4 is 10.6 Å². The lowest BCUT2D eigenvalue weighted by atomic mass is 10.4. The minimum atomic E-state index is -1.05.